The number of pyridine rings is 1. The lowest BCUT2D eigenvalue weighted by Gasteiger charge is -2.17. The van der Waals surface area contributed by atoms with Crippen molar-refractivity contribution in [3.8, 4) is 11.3 Å². The molecule has 0 spiro atoms. The van der Waals surface area contributed by atoms with Crippen molar-refractivity contribution in [3.05, 3.63) is 71.2 Å². The molecule has 0 fully saturated rings. The number of nitrogens with zero attached hydrogens (tertiary/aromatic N) is 3. The van der Waals surface area contributed by atoms with Crippen molar-refractivity contribution in [1.82, 2.24) is 15.0 Å². The number of carbonyl (C=O) groups is 2. The summed E-state index contributed by atoms with van der Waals surface area (Å²) >= 11 is 0. The third-order valence-corrected chi connectivity index (χ3v) is 4.56. The Morgan fingerprint density at radius 3 is 2.92 bits per heavy atom. The summed E-state index contributed by atoms with van der Waals surface area (Å²) in [5, 5.41) is 4.04. The first-order valence-electron chi connectivity index (χ1n) is 8.40. The van der Waals surface area contributed by atoms with Gasteiger partial charge in [0.15, 0.2) is 11.5 Å². The lowest BCUT2D eigenvalue weighted by Crippen LogP contribution is -2.27. The van der Waals surface area contributed by atoms with E-state index in [-0.39, 0.29) is 11.7 Å². The van der Waals surface area contributed by atoms with Gasteiger partial charge in [-0.1, -0.05) is 17.3 Å². The standard InChI is InChI=1S/C20H17N3O3/c1-23(12-14-10-18(22-26-14)13-4-3-9-21-11-13)20(25)17-6-2-5-16-15(17)7-8-19(16)24/h2-6,9-11H,7-8,12H2,1H3. The second-order valence-electron chi connectivity index (χ2n) is 6.34. The molecular formula is C20H17N3O3. The van der Waals surface area contributed by atoms with Crippen LogP contribution in [0.25, 0.3) is 11.3 Å². The van der Waals surface area contributed by atoms with Gasteiger partial charge >= 0.3 is 0 Å². The van der Waals surface area contributed by atoms with Gasteiger partial charge in [-0.3, -0.25) is 14.6 Å². The molecule has 6 heteroatoms. The molecule has 6 nitrogen and oxygen atoms in total. The predicted molar refractivity (Wildman–Crippen MR) is 94.6 cm³/mol. The minimum Gasteiger partial charge on any atom is -0.359 e. The zero-order valence-electron chi connectivity index (χ0n) is 14.3. The van der Waals surface area contributed by atoms with E-state index in [0.717, 1.165) is 11.1 Å². The van der Waals surface area contributed by atoms with Crippen molar-refractivity contribution in [3.63, 3.8) is 0 Å². The molecule has 1 aromatic carbocycles. The maximum atomic E-state index is 12.8. The van der Waals surface area contributed by atoms with Crippen LogP contribution in [0.5, 0.6) is 0 Å². The highest BCUT2D eigenvalue weighted by Crippen LogP contribution is 2.26. The fourth-order valence-electron chi connectivity index (χ4n) is 3.24. The fourth-order valence-corrected chi connectivity index (χ4v) is 3.24. The summed E-state index contributed by atoms with van der Waals surface area (Å²) in [5.74, 6) is 0.563. The molecule has 3 aromatic rings. The van der Waals surface area contributed by atoms with Crippen LogP contribution in [0.1, 0.15) is 38.5 Å². The van der Waals surface area contributed by atoms with Gasteiger partial charge < -0.3 is 9.42 Å². The Hall–Kier alpha value is -3.28. The summed E-state index contributed by atoms with van der Waals surface area (Å²) in [4.78, 5) is 30.4. The Balaban J connectivity index is 1.53. The molecule has 26 heavy (non-hydrogen) atoms. The maximum absolute atomic E-state index is 12.8. The molecule has 0 radical (unpaired) electrons. The molecule has 0 unspecified atom stereocenters. The first kappa shape index (κ1) is 16.2. The number of rotatable bonds is 4. The fraction of sp³-hybridized carbons (Fsp3) is 0.200. The number of fused-ring (bicyclic) bond motifs is 1. The van der Waals surface area contributed by atoms with Gasteiger partial charge in [0.05, 0.1) is 6.54 Å². The smallest absolute Gasteiger partial charge is 0.254 e. The Kier molecular flexibility index (Phi) is 4.08. The van der Waals surface area contributed by atoms with Crippen LogP contribution in [0.3, 0.4) is 0 Å². The lowest BCUT2D eigenvalue weighted by atomic mass is 10.0. The van der Waals surface area contributed by atoms with Crippen molar-refractivity contribution >= 4 is 11.7 Å². The van der Waals surface area contributed by atoms with Crippen molar-refractivity contribution in [2.45, 2.75) is 19.4 Å². The van der Waals surface area contributed by atoms with Gasteiger partial charge in [-0.15, -0.1) is 0 Å². The van der Waals surface area contributed by atoms with Crippen LogP contribution in [-0.4, -0.2) is 33.8 Å². The Bertz CT molecular complexity index is 979. The second-order valence-corrected chi connectivity index (χ2v) is 6.34. The molecule has 0 N–H and O–H groups in total. The monoisotopic (exact) mass is 347 g/mol. The quantitative estimate of drug-likeness (QED) is 0.725. The highest BCUT2D eigenvalue weighted by molar-refractivity contribution is 6.05. The van der Waals surface area contributed by atoms with Crippen LogP contribution >= 0.6 is 0 Å². The van der Waals surface area contributed by atoms with E-state index in [9.17, 15) is 9.59 Å². The summed E-state index contributed by atoms with van der Waals surface area (Å²) in [6.45, 7) is 0.295. The molecule has 130 valence electrons. The zero-order valence-corrected chi connectivity index (χ0v) is 14.3. The molecule has 0 saturated carbocycles. The van der Waals surface area contributed by atoms with Gasteiger partial charge in [-0.2, -0.15) is 0 Å². The van der Waals surface area contributed by atoms with Crippen LogP contribution in [0.4, 0.5) is 0 Å². The molecule has 1 amide bonds. The van der Waals surface area contributed by atoms with Gasteiger partial charge in [-0.05, 0) is 30.2 Å². The van der Waals surface area contributed by atoms with Crippen LogP contribution in [0.15, 0.2) is 53.3 Å². The lowest BCUT2D eigenvalue weighted by molar-refractivity contribution is 0.0771. The molecule has 2 heterocycles. The Morgan fingerprint density at radius 2 is 2.12 bits per heavy atom. The number of carbonyl (C=O) groups excluding carboxylic acids is 2. The van der Waals surface area contributed by atoms with Crippen LogP contribution in [0.2, 0.25) is 0 Å². The molecule has 0 aliphatic heterocycles. The molecule has 1 aliphatic rings. The molecule has 2 aromatic heterocycles. The summed E-state index contributed by atoms with van der Waals surface area (Å²) in [6, 6.07) is 10.9. The minimum absolute atomic E-state index is 0.105. The first-order valence-corrected chi connectivity index (χ1v) is 8.40. The minimum atomic E-state index is -0.129. The number of hydrogen-bond donors (Lipinski definition) is 0. The number of aromatic nitrogens is 2. The van der Waals surface area contributed by atoms with Gasteiger partial charge in [0, 0.05) is 48.6 Å². The molecule has 1 aliphatic carbocycles. The average Bonchev–Trinajstić information content (AvgIpc) is 3.29. The van der Waals surface area contributed by atoms with Crippen molar-refractivity contribution in [2.75, 3.05) is 7.05 Å². The zero-order chi connectivity index (χ0) is 18.1. The number of hydrogen-bond acceptors (Lipinski definition) is 5. The van der Waals surface area contributed by atoms with E-state index in [1.54, 1.807) is 48.6 Å². The molecule has 4 rings (SSSR count). The maximum Gasteiger partial charge on any atom is 0.254 e. The number of amides is 1. The van der Waals surface area contributed by atoms with E-state index < -0.39 is 0 Å². The van der Waals surface area contributed by atoms with Gasteiger partial charge in [-0.25, -0.2) is 0 Å². The van der Waals surface area contributed by atoms with Crippen LogP contribution in [-0.2, 0) is 13.0 Å². The first-order chi connectivity index (χ1) is 12.6. The highest BCUT2D eigenvalue weighted by Gasteiger charge is 2.26. The van der Waals surface area contributed by atoms with E-state index in [1.165, 1.54) is 0 Å². The van der Waals surface area contributed by atoms with Crippen molar-refractivity contribution in [1.29, 1.82) is 0 Å². The van der Waals surface area contributed by atoms with E-state index in [1.807, 2.05) is 12.1 Å². The van der Waals surface area contributed by atoms with Crippen LogP contribution in [0, 0.1) is 0 Å². The van der Waals surface area contributed by atoms with Gasteiger partial charge in [0.2, 0.25) is 0 Å². The van der Waals surface area contributed by atoms with E-state index >= 15 is 0 Å². The largest absolute Gasteiger partial charge is 0.359 e. The van der Waals surface area contributed by atoms with Crippen molar-refractivity contribution in [2.24, 2.45) is 0 Å². The number of Topliss-reactive ketones (excluding diaryl/α,β-unsaturated/α-hetero) is 1. The van der Waals surface area contributed by atoms with E-state index in [0.29, 0.717) is 42.0 Å². The Morgan fingerprint density at radius 1 is 1.23 bits per heavy atom. The Labute approximate surface area is 150 Å². The second kappa shape index (κ2) is 6.55. The predicted octanol–water partition coefficient (Wildman–Crippen LogP) is 3.14. The van der Waals surface area contributed by atoms with Gasteiger partial charge in [0.25, 0.3) is 5.91 Å². The summed E-state index contributed by atoms with van der Waals surface area (Å²) in [7, 11) is 1.71. The molecule has 0 atom stereocenters. The van der Waals surface area contributed by atoms with E-state index in [4.69, 9.17) is 4.52 Å². The molecule has 0 bridgehead atoms. The topological polar surface area (TPSA) is 76.3 Å². The SMILES string of the molecule is CN(Cc1cc(-c2cccnc2)no1)C(=O)c1cccc2c1CCC2=O. The van der Waals surface area contributed by atoms with Gasteiger partial charge in [0.1, 0.15) is 5.69 Å². The summed E-state index contributed by atoms with van der Waals surface area (Å²) < 4.78 is 5.36. The van der Waals surface area contributed by atoms with E-state index in [2.05, 4.69) is 10.1 Å². The third kappa shape index (κ3) is 2.90. The third-order valence-electron chi connectivity index (χ3n) is 4.56. The highest BCUT2D eigenvalue weighted by atomic mass is 16.5. The average molecular weight is 347 g/mol. The molecular weight excluding hydrogens is 330 g/mol. The number of benzene rings is 1. The summed E-state index contributed by atoms with van der Waals surface area (Å²) in [5.41, 5.74) is 3.64. The van der Waals surface area contributed by atoms with Crippen LogP contribution < -0.4 is 0 Å². The summed E-state index contributed by atoms with van der Waals surface area (Å²) in [6.07, 6.45) is 4.50. The normalized spacial score (nSPS) is 12.9. The number of ketones is 1. The van der Waals surface area contributed by atoms with Crippen molar-refractivity contribution < 1.29 is 14.1 Å². The molecule has 0 saturated heterocycles.